The van der Waals surface area contributed by atoms with Crippen molar-refractivity contribution in [3.8, 4) is 0 Å². The maximum Gasteiger partial charge on any atom is 0.339 e. The molecule has 1 aromatic rings. The van der Waals surface area contributed by atoms with E-state index in [9.17, 15) is 4.79 Å². The van der Waals surface area contributed by atoms with Crippen LogP contribution in [0.5, 0.6) is 0 Å². The average molecular weight is 251 g/mol. The standard InChI is InChI=1S/C14H21NO3/c1-14(2)7-4-3-5-12(14)15-9-11-10(13(16)17)6-8-18-11/h6,8,12,15H,3-5,7,9H2,1-2H3,(H,16,17). The van der Waals surface area contributed by atoms with E-state index in [-0.39, 0.29) is 11.0 Å². The number of furan rings is 1. The Morgan fingerprint density at radius 2 is 2.33 bits per heavy atom. The molecule has 1 heterocycles. The van der Waals surface area contributed by atoms with Gasteiger partial charge in [0.15, 0.2) is 0 Å². The van der Waals surface area contributed by atoms with Crippen LogP contribution in [-0.2, 0) is 6.54 Å². The van der Waals surface area contributed by atoms with Crippen LogP contribution in [0, 0.1) is 5.41 Å². The number of carbonyl (C=O) groups is 1. The molecule has 0 spiro atoms. The van der Waals surface area contributed by atoms with Gasteiger partial charge in [0.25, 0.3) is 0 Å². The fourth-order valence-corrected chi connectivity index (χ4v) is 2.76. The number of aromatic carboxylic acids is 1. The Morgan fingerprint density at radius 3 is 3.00 bits per heavy atom. The highest BCUT2D eigenvalue weighted by Crippen LogP contribution is 2.35. The van der Waals surface area contributed by atoms with E-state index in [4.69, 9.17) is 9.52 Å². The summed E-state index contributed by atoms with van der Waals surface area (Å²) < 4.78 is 5.24. The van der Waals surface area contributed by atoms with Gasteiger partial charge in [-0.15, -0.1) is 0 Å². The average Bonchev–Trinajstić information content (AvgIpc) is 2.75. The zero-order valence-electron chi connectivity index (χ0n) is 11.0. The maximum atomic E-state index is 11.0. The zero-order chi connectivity index (χ0) is 13.2. The molecule has 4 nitrogen and oxygen atoms in total. The highest BCUT2D eigenvalue weighted by atomic mass is 16.4. The summed E-state index contributed by atoms with van der Waals surface area (Å²) in [7, 11) is 0. The van der Waals surface area contributed by atoms with Crippen LogP contribution in [0.2, 0.25) is 0 Å². The van der Waals surface area contributed by atoms with E-state index >= 15 is 0 Å². The van der Waals surface area contributed by atoms with Crippen molar-refractivity contribution in [2.24, 2.45) is 5.41 Å². The van der Waals surface area contributed by atoms with Crippen molar-refractivity contribution in [3.63, 3.8) is 0 Å². The van der Waals surface area contributed by atoms with Crippen molar-refractivity contribution >= 4 is 5.97 Å². The van der Waals surface area contributed by atoms with Gasteiger partial charge >= 0.3 is 5.97 Å². The van der Waals surface area contributed by atoms with Crippen molar-refractivity contribution < 1.29 is 14.3 Å². The van der Waals surface area contributed by atoms with Crippen LogP contribution in [0.25, 0.3) is 0 Å². The number of carboxylic acids is 1. The van der Waals surface area contributed by atoms with Gasteiger partial charge in [-0.2, -0.15) is 0 Å². The molecule has 0 bridgehead atoms. The minimum absolute atomic E-state index is 0.260. The monoisotopic (exact) mass is 251 g/mol. The summed E-state index contributed by atoms with van der Waals surface area (Å²) in [5.74, 6) is -0.410. The van der Waals surface area contributed by atoms with E-state index in [1.807, 2.05) is 0 Å². The first kappa shape index (κ1) is 13.1. The Bertz CT molecular complexity index is 422. The molecule has 0 radical (unpaired) electrons. The number of hydrogen-bond donors (Lipinski definition) is 2. The molecule has 2 rings (SSSR count). The molecular weight excluding hydrogens is 230 g/mol. The first-order chi connectivity index (χ1) is 8.50. The van der Waals surface area contributed by atoms with E-state index in [1.54, 1.807) is 0 Å². The first-order valence-corrected chi connectivity index (χ1v) is 6.54. The molecule has 1 aromatic heterocycles. The van der Waals surface area contributed by atoms with Gasteiger partial charge in [0.2, 0.25) is 0 Å². The van der Waals surface area contributed by atoms with Crippen LogP contribution < -0.4 is 5.32 Å². The highest BCUT2D eigenvalue weighted by molar-refractivity contribution is 5.88. The molecule has 0 amide bonds. The lowest BCUT2D eigenvalue weighted by Crippen LogP contribution is -2.43. The van der Waals surface area contributed by atoms with Gasteiger partial charge in [0.1, 0.15) is 11.3 Å². The van der Waals surface area contributed by atoms with Crippen LogP contribution >= 0.6 is 0 Å². The molecule has 4 heteroatoms. The Hall–Kier alpha value is -1.29. The lowest BCUT2D eigenvalue weighted by molar-refractivity contribution is 0.0693. The molecule has 1 aliphatic carbocycles. The molecule has 1 aliphatic rings. The number of hydrogen-bond acceptors (Lipinski definition) is 3. The second kappa shape index (κ2) is 5.14. The van der Waals surface area contributed by atoms with Crippen molar-refractivity contribution in [2.75, 3.05) is 0 Å². The molecule has 1 saturated carbocycles. The van der Waals surface area contributed by atoms with E-state index in [0.29, 0.717) is 18.3 Å². The summed E-state index contributed by atoms with van der Waals surface area (Å²) in [4.78, 5) is 11.0. The lowest BCUT2D eigenvalue weighted by atomic mass is 9.73. The van der Waals surface area contributed by atoms with Gasteiger partial charge < -0.3 is 14.8 Å². The quantitative estimate of drug-likeness (QED) is 0.863. The van der Waals surface area contributed by atoms with Crippen molar-refractivity contribution in [1.29, 1.82) is 0 Å². The molecule has 1 fully saturated rings. The summed E-state index contributed by atoms with van der Waals surface area (Å²) in [5, 5.41) is 12.5. The van der Waals surface area contributed by atoms with Crippen molar-refractivity contribution in [2.45, 2.75) is 52.1 Å². The van der Waals surface area contributed by atoms with E-state index in [2.05, 4.69) is 19.2 Å². The Kier molecular flexibility index (Phi) is 3.76. The van der Waals surface area contributed by atoms with Crippen LogP contribution in [0.15, 0.2) is 16.7 Å². The summed E-state index contributed by atoms with van der Waals surface area (Å²) in [6.45, 7) is 5.02. The molecule has 2 N–H and O–H groups in total. The van der Waals surface area contributed by atoms with Crippen LogP contribution in [0.4, 0.5) is 0 Å². The summed E-state index contributed by atoms with van der Waals surface area (Å²) in [6, 6.07) is 1.93. The van der Waals surface area contributed by atoms with Crippen LogP contribution in [0.1, 0.15) is 55.6 Å². The second-order valence-corrected chi connectivity index (χ2v) is 5.73. The second-order valence-electron chi connectivity index (χ2n) is 5.73. The minimum Gasteiger partial charge on any atom is -0.478 e. The van der Waals surface area contributed by atoms with Crippen LogP contribution in [-0.4, -0.2) is 17.1 Å². The zero-order valence-corrected chi connectivity index (χ0v) is 11.0. The van der Waals surface area contributed by atoms with Gasteiger partial charge in [-0.25, -0.2) is 4.79 Å². The Morgan fingerprint density at radius 1 is 1.56 bits per heavy atom. The summed E-state index contributed by atoms with van der Waals surface area (Å²) >= 11 is 0. The third-order valence-electron chi connectivity index (χ3n) is 3.99. The molecule has 1 atom stereocenters. The maximum absolute atomic E-state index is 11.0. The topological polar surface area (TPSA) is 62.5 Å². The Labute approximate surface area is 107 Å². The summed E-state index contributed by atoms with van der Waals surface area (Å²) in [6.07, 6.45) is 6.33. The number of carboxylic acid groups (broad SMARTS) is 1. The molecule has 0 saturated heterocycles. The molecular formula is C14H21NO3. The fourth-order valence-electron chi connectivity index (χ4n) is 2.76. The van der Waals surface area contributed by atoms with E-state index in [0.717, 1.165) is 6.42 Å². The van der Waals surface area contributed by atoms with Gasteiger partial charge in [-0.3, -0.25) is 0 Å². The van der Waals surface area contributed by atoms with Gasteiger partial charge in [-0.1, -0.05) is 26.7 Å². The van der Waals surface area contributed by atoms with Crippen molar-refractivity contribution in [1.82, 2.24) is 5.32 Å². The van der Waals surface area contributed by atoms with Crippen molar-refractivity contribution in [3.05, 3.63) is 23.7 Å². The predicted molar refractivity (Wildman–Crippen MR) is 68.5 cm³/mol. The van der Waals surface area contributed by atoms with Gasteiger partial charge in [-0.05, 0) is 24.3 Å². The molecule has 18 heavy (non-hydrogen) atoms. The molecule has 100 valence electrons. The van der Waals surface area contributed by atoms with E-state index < -0.39 is 5.97 Å². The fraction of sp³-hybridized carbons (Fsp3) is 0.643. The molecule has 0 aliphatic heterocycles. The number of nitrogens with one attached hydrogen (secondary N) is 1. The first-order valence-electron chi connectivity index (χ1n) is 6.54. The van der Waals surface area contributed by atoms with Gasteiger partial charge in [0, 0.05) is 6.04 Å². The normalized spacial score (nSPS) is 22.9. The van der Waals surface area contributed by atoms with Crippen LogP contribution in [0.3, 0.4) is 0 Å². The lowest BCUT2D eigenvalue weighted by Gasteiger charge is -2.39. The smallest absolute Gasteiger partial charge is 0.339 e. The van der Waals surface area contributed by atoms with Gasteiger partial charge in [0.05, 0.1) is 12.8 Å². The number of rotatable bonds is 4. The molecule has 1 unspecified atom stereocenters. The highest BCUT2D eigenvalue weighted by Gasteiger charge is 2.32. The Balaban J connectivity index is 1.98. The largest absolute Gasteiger partial charge is 0.478 e. The van der Waals surface area contributed by atoms with E-state index in [1.165, 1.54) is 31.6 Å². The minimum atomic E-state index is -0.927. The SMILES string of the molecule is CC1(C)CCCCC1NCc1occc1C(=O)O. The molecule has 0 aromatic carbocycles. The predicted octanol–water partition coefficient (Wildman–Crippen LogP) is 3.04. The summed E-state index contributed by atoms with van der Waals surface area (Å²) in [5.41, 5.74) is 0.532. The third-order valence-corrected chi connectivity index (χ3v) is 3.99. The third kappa shape index (κ3) is 2.75.